The van der Waals surface area contributed by atoms with E-state index in [1.165, 1.54) is 30.3 Å². The van der Waals surface area contributed by atoms with Crippen molar-refractivity contribution in [1.82, 2.24) is 0 Å². The first kappa shape index (κ1) is 13.4. The third kappa shape index (κ3) is 3.05. The van der Waals surface area contributed by atoms with Gasteiger partial charge in [-0.05, 0) is 36.4 Å². The highest BCUT2D eigenvalue weighted by atomic mass is 16.4. The van der Waals surface area contributed by atoms with Crippen LogP contribution in [0.2, 0.25) is 0 Å². The second kappa shape index (κ2) is 5.75. The zero-order valence-electron chi connectivity index (χ0n) is 10.2. The van der Waals surface area contributed by atoms with E-state index in [1.54, 1.807) is 12.1 Å². The van der Waals surface area contributed by atoms with Crippen molar-refractivity contribution >= 4 is 23.6 Å². The molecule has 0 unspecified atom stereocenters. The first-order chi connectivity index (χ1) is 9.60. The highest BCUT2D eigenvalue weighted by Crippen LogP contribution is 2.24. The van der Waals surface area contributed by atoms with Crippen molar-refractivity contribution in [2.75, 3.05) is 0 Å². The minimum atomic E-state index is -1.05. The Labute approximate surface area is 114 Å². The highest BCUT2D eigenvalue weighted by Gasteiger charge is 2.03. The average Bonchev–Trinajstić information content (AvgIpc) is 2.46. The van der Waals surface area contributed by atoms with Gasteiger partial charge < -0.3 is 10.2 Å². The summed E-state index contributed by atoms with van der Waals surface area (Å²) in [5, 5.41) is 26.0. The van der Waals surface area contributed by atoms with E-state index in [9.17, 15) is 14.7 Å². The Balaban J connectivity index is 2.27. The predicted molar refractivity (Wildman–Crippen MR) is 71.1 cm³/mol. The molecular formula is C14H10N2O4. The van der Waals surface area contributed by atoms with Crippen molar-refractivity contribution in [3.63, 3.8) is 0 Å². The number of carbonyl (C=O) groups excluding carboxylic acids is 1. The van der Waals surface area contributed by atoms with Gasteiger partial charge >= 0.3 is 5.97 Å². The van der Waals surface area contributed by atoms with Gasteiger partial charge in [0, 0.05) is 0 Å². The fraction of sp³-hybridized carbons (Fsp3) is 0. The second-order valence-electron chi connectivity index (χ2n) is 3.92. The molecule has 0 aliphatic heterocycles. The van der Waals surface area contributed by atoms with E-state index in [2.05, 4.69) is 10.2 Å². The van der Waals surface area contributed by atoms with Crippen LogP contribution in [0.5, 0.6) is 5.75 Å². The molecule has 0 fully saturated rings. The van der Waals surface area contributed by atoms with Crippen LogP contribution in [0.15, 0.2) is 52.7 Å². The molecule has 100 valence electrons. The number of aldehydes is 1. The predicted octanol–water partition coefficient (Wildman–Crippen LogP) is 3.32. The Hall–Kier alpha value is -3.02. The van der Waals surface area contributed by atoms with E-state index in [0.717, 1.165) is 0 Å². The Bertz CT molecular complexity index is 695. The van der Waals surface area contributed by atoms with Gasteiger partial charge in [0.2, 0.25) is 0 Å². The summed E-state index contributed by atoms with van der Waals surface area (Å²) in [7, 11) is 0. The Morgan fingerprint density at radius 3 is 2.40 bits per heavy atom. The molecule has 0 radical (unpaired) electrons. The van der Waals surface area contributed by atoms with Crippen LogP contribution in [0.1, 0.15) is 20.7 Å². The van der Waals surface area contributed by atoms with Crippen LogP contribution in [-0.4, -0.2) is 22.5 Å². The molecule has 0 aliphatic rings. The van der Waals surface area contributed by atoms with Crippen LogP contribution >= 0.6 is 0 Å². The Kier molecular flexibility index (Phi) is 3.85. The lowest BCUT2D eigenvalue weighted by molar-refractivity contribution is 0.0696. The lowest BCUT2D eigenvalue weighted by Gasteiger charge is -1.98. The molecule has 0 spiro atoms. The lowest BCUT2D eigenvalue weighted by atomic mass is 10.2. The van der Waals surface area contributed by atoms with Crippen LogP contribution in [0.3, 0.4) is 0 Å². The molecule has 0 aromatic heterocycles. The number of aromatic carboxylic acids is 1. The molecule has 2 aromatic rings. The highest BCUT2D eigenvalue weighted by molar-refractivity contribution is 5.88. The van der Waals surface area contributed by atoms with Gasteiger partial charge in [-0.2, -0.15) is 10.2 Å². The van der Waals surface area contributed by atoms with E-state index >= 15 is 0 Å². The molecule has 0 amide bonds. The quantitative estimate of drug-likeness (QED) is 0.657. The summed E-state index contributed by atoms with van der Waals surface area (Å²) in [5.74, 6) is -1.18. The van der Waals surface area contributed by atoms with Gasteiger partial charge in [0.15, 0.2) is 6.29 Å². The number of hydrogen-bond donors (Lipinski definition) is 2. The van der Waals surface area contributed by atoms with Crippen molar-refractivity contribution in [1.29, 1.82) is 0 Å². The van der Waals surface area contributed by atoms with E-state index in [-0.39, 0.29) is 16.9 Å². The van der Waals surface area contributed by atoms with Crippen LogP contribution in [-0.2, 0) is 0 Å². The molecule has 0 saturated heterocycles. The molecule has 0 aliphatic carbocycles. The smallest absolute Gasteiger partial charge is 0.335 e. The fourth-order valence-electron chi connectivity index (χ4n) is 1.52. The normalized spacial score (nSPS) is 10.6. The average molecular weight is 270 g/mol. The Morgan fingerprint density at radius 1 is 1.05 bits per heavy atom. The van der Waals surface area contributed by atoms with Crippen molar-refractivity contribution in [3.8, 4) is 5.75 Å². The molecule has 6 heteroatoms. The number of hydrogen-bond acceptors (Lipinski definition) is 5. The van der Waals surface area contributed by atoms with E-state index in [1.807, 2.05) is 0 Å². The zero-order chi connectivity index (χ0) is 14.5. The molecule has 0 atom stereocenters. The SMILES string of the molecule is O=Cc1cc(N=Nc2cccc(C(=O)O)c2)ccc1O. The maximum atomic E-state index is 10.8. The summed E-state index contributed by atoms with van der Waals surface area (Å²) in [6.45, 7) is 0. The van der Waals surface area contributed by atoms with Gasteiger partial charge in [-0.1, -0.05) is 6.07 Å². The van der Waals surface area contributed by atoms with E-state index in [0.29, 0.717) is 17.7 Å². The molecule has 6 nitrogen and oxygen atoms in total. The number of azo groups is 1. The summed E-state index contributed by atoms with van der Waals surface area (Å²) in [6.07, 6.45) is 0.513. The summed E-state index contributed by atoms with van der Waals surface area (Å²) in [6, 6.07) is 10.2. The number of rotatable bonds is 4. The number of carbonyl (C=O) groups is 2. The monoisotopic (exact) mass is 270 g/mol. The van der Waals surface area contributed by atoms with Crippen LogP contribution < -0.4 is 0 Å². The van der Waals surface area contributed by atoms with Gasteiger partial charge in [-0.15, -0.1) is 0 Å². The first-order valence-electron chi connectivity index (χ1n) is 5.63. The van der Waals surface area contributed by atoms with Crippen molar-refractivity contribution < 1.29 is 19.8 Å². The van der Waals surface area contributed by atoms with E-state index < -0.39 is 5.97 Å². The van der Waals surface area contributed by atoms with Crippen LogP contribution in [0, 0.1) is 0 Å². The molecule has 2 N–H and O–H groups in total. The van der Waals surface area contributed by atoms with Gasteiger partial charge in [0.05, 0.1) is 22.5 Å². The molecule has 0 saturated carbocycles. The van der Waals surface area contributed by atoms with Gasteiger partial charge in [-0.3, -0.25) is 4.79 Å². The molecule has 2 rings (SSSR count). The largest absolute Gasteiger partial charge is 0.507 e. The minimum Gasteiger partial charge on any atom is -0.507 e. The molecule has 20 heavy (non-hydrogen) atoms. The van der Waals surface area contributed by atoms with Crippen molar-refractivity contribution in [2.24, 2.45) is 10.2 Å². The number of carboxylic acid groups (broad SMARTS) is 1. The second-order valence-corrected chi connectivity index (χ2v) is 3.92. The minimum absolute atomic E-state index is 0.112. The fourth-order valence-corrected chi connectivity index (χ4v) is 1.52. The summed E-state index contributed by atoms with van der Waals surface area (Å²) in [5.41, 5.74) is 0.984. The number of carboxylic acids is 1. The molecule has 0 heterocycles. The molecular weight excluding hydrogens is 260 g/mol. The zero-order valence-corrected chi connectivity index (χ0v) is 10.2. The summed E-state index contributed by atoms with van der Waals surface area (Å²) in [4.78, 5) is 21.5. The van der Waals surface area contributed by atoms with Gasteiger partial charge in [0.1, 0.15) is 5.75 Å². The summed E-state index contributed by atoms with van der Waals surface area (Å²) >= 11 is 0. The van der Waals surface area contributed by atoms with Gasteiger partial charge in [0.25, 0.3) is 0 Å². The number of benzene rings is 2. The maximum absolute atomic E-state index is 10.8. The maximum Gasteiger partial charge on any atom is 0.335 e. The summed E-state index contributed by atoms with van der Waals surface area (Å²) < 4.78 is 0. The van der Waals surface area contributed by atoms with Crippen LogP contribution in [0.4, 0.5) is 11.4 Å². The number of phenols is 1. The van der Waals surface area contributed by atoms with E-state index in [4.69, 9.17) is 5.11 Å². The first-order valence-corrected chi connectivity index (χ1v) is 5.63. The third-order valence-corrected chi connectivity index (χ3v) is 2.51. The third-order valence-electron chi connectivity index (χ3n) is 2.51. The van der Waals surface area contributed by atoms with Gasteiger partial charge in [-0.25, -0.2) is 4.79 Å². The molecule has 0 bridgehead atoms. The topological polar surface area (TPSA) is 99.3 Å². The number of phenolic OH excluding ortho intramolecular Hbond substituents is 1. The molecule has 2 aromatic carbocycles. The number of nitrogens with zero attached hydrogens (tertiary/aromatic N) is 2. The van der Waals surface area contributed by atoms with Crippen molar-refractivity contribution in [3.05, 3.63) is 53.6 Å². The number of aromatic hydroxyl groups is 1. The Morgan fingerprint density at radius 2 is 1.75 bits per heavy atom. The lowest BCUT2D eigenvalue weighted by Crippen LogP contribution is -1.94. The van der Waals surface area contributed by atoms with Crippen LogP contribution in [0.25, 0.3) is 0 Å². The van der Waals surface area contributed by atoms with Crippen molar-refractivity contribution in [2.45, 2.75) is 0 Å². The standard InChI is InChI=1S/C14H10N2O4/c17-8-10-7-12(4-5-13(10)18)16-15-11-3-1-2-9(6-11)14(19)20/h1-8,18H,(H,19,20).